The van der Waals surface area contributed by atoms with Crippen molar-refractivity contribution in [1.82, 2.24) is 14.5 Å². The van der Waals surface area contributed by atoms with Crippen LogP contribution in [0.25, 0.3) is 0 Å². The lowest BCUT2D eigenvalue weighted by molar-refractivity contribution is 0.0738. The van der Waals surface area contributed by atoms with E-state index >= 15 is 0 Å². The van der Waals surface area contributed by atoms with E-state index in [1.165, 1.54) is 0 Å². The molecule has 0 unspecified atom stereocenters. The van der Waals surface area contributed by atoms with Crippen LogP contribution in [0.5, 0.6) is 0 Å². The van der Waals surface area contributed by atoms with Gasteiger partial charge in [-0.1, -0.05) is 30.3 Å². The molecule has 0 saturated heterocycles. The fraction of sp³-hybridized carbons (Fsp3) is 0.286. The summed E-state index contributed by atoms with van der Waals surface area (Å²) in [6.07, 6.45) is 3.20. The molecule has 0 aliphatic carbocycles. The monoisotopic (exact) mass is 258 g/mol. The van der Waals surface area contributed by atoms with E-state index in [0.29, 0.717) is 25.3 Å². The number of aryl methyl sites for hydroxylation is 1. The van der Waals surface area contributed by atoms with Gasteiger partial charge in [0.2, 0.25) is 0 Å². The molecule has 0 aliphatic heterocycles. The van der Waals surface area contributed by atoms with E-state index in [0.717, 1.165) is 5.56 Å². The summed E-state index contributed by atoms with van der Waals surface area (Å²) in [5, 5.41) is 0. The second kappa shape index (κ2) is 6.15. The number of aromatic nitrogens is 2. The molecule has 1 aromatic carbocycles. The van der Waals surface area contributed by atoms with E-state index in [-0.39, 0.29) is 5.91 Å². The van der Waals surface area contributed by atoms with Crippen molar-refractivity contribution in [3.63, 3.8) is 0 Å². The predicted octanol–water partition coefficient (Wildman–Crippen LogP) is 1.02. The molecule has 2 rings (SSSR count). The molecule has 1 amide bonds. The summed E-state index contributed by atoms with van der Waals surface area (Å²) in [6.45, 7) is 1.53. The molecule has 0 radical (unpaired) electrons. The van der Waals surface area contributed by atoms with Gasteiger partial charge in [0.05, 0.1) is 12.5 Å². The van der Waals surface area contributed by atoms with E-state index < -0.39 is 0 Å². The summed E-state index contributed by atoms with van der Waals surface area (Å²) in [5.41, 5.74) is 7.26. The molecular weight excluding hydrogens is 240 g/mol. The van der Waals surface area contributed by atoms with Crippen LogP contribution in [0.4, 0.5) is 0 Å². The summed E-state index contributed by atoms with van der Waals surface area (Å²) >= 11 is 0. The van der Waals surface area contributed by atoms with Crippen LogP contribution in [0.2, 0.25) is 0 Å². The Kier molecular flexibility index (Phi) is 4.30. The Hall–Kier alpha value is -2.14. The number of carbonyl (C=O) groups is 1. The Balaban J connectivity index is 2.16. The average molecular weight is 258 g/mol. The summed E-state index contributed by atoms with van der Waals surface area (Å²) < 4.78 is 1.72. The number of imidazole rings is 1. The number of carbonyl (C=O) groups excluding carboxylic acids is 1. The van der Waals surface area contributed by atoms with Gasteiger partial charge >= 0.3 is 0 Å². The summed E-state index contributed by atoms with van der Waals surface area (Å²) in [5.74, 6) is -0.0469. The van der Waals surface area contributed by atoms with E-state index in [1.807, 2.05) is 37.4 Å². The highest BCUT2D eigenvalue weighted by atomic mass is 16.2. The topological polar surface area (TPSA) is 64.2 Å². The van der Waals surface area contributed by atoms with Gasteiger partial charge in [0.1, 0.15) is 5.69 Å². The summed E-state index contributed by atoms with van der Waals surface area (Å²) in [4.78, 5) is 18.1. The van der Waals surface area contributed by atoms with Crippen LogP contribution in [-0.2, 0) is 13.6 Å². The first-order chi connectivity index (χ1) is 9.22. The standard InChI is InChI=1S/C14H18N4O/c1-17-11-16-9-13(17)14(19)18(8-7-15)10-12-5-3-2-4-6-12/h2-6,9,11H,7-8,10,15H2,1H3. The van der Waals surface area contributed by atoms with Crippen LogP contribution < -0.4 is 5.73 Å². The van der Waals surface area contributed by atoms with Gasteiger partial charge in [0, 0.05) is 26.7 Å². The van der Waals surface area contributed by atoms with Crippen molar-refractivity contribution in [2.75, 3.05) is 13.1 Å². The lowest BCUT2D eigenvalue weighted by Gasteiger charge is -2.22. The summed E-state index contributed by atoms with van der Waals surface area (Å²) in [6, 6.07) is 9.88. The first-order valence-electron chi connectivity index (χ1n) is 6.22. The lowest BCUT2D eigenvalue weighted by atomic mass is 10.2. The smallest absolute Gasteiger partial charge is 0.272 e. The van der Waals surface area contributed by atoms with Gasteiger partial charge in [-0.25, -0.2) is 4.98 Å². The highest BCUT2D eigenvalue weighted by Crippen LogP contribution is 2.09. The molecule has 0 fully saturated rings. The average Bonchev–Trinajstić information content (AvgIpc) is 2.85. The Labute approximate surface area is 112 Å². The molecule has 2 aromatic rings. The van der Waals surface area contributed by atoms with Gasteiger partial charge in [0.25, 0.3) is 5.91 Å². The van der Waals surface area contributed by atoms with Crippen LogP contribution in [0.15, 0.2) is 42.9 Å². The van der Waals surface area contributed by atoms with Crippen molar-refractivity contribution in [2.24, 2.45) is 12.8 Å². The van der Waals surface area contributed by atoms with Crippen molar-refractivity contribution in [1.29, 1.82) is 0 Å². The van der Waals surface area contributed by atoms with Crippen molar-refractivity contribution in [2.45, 2.75) is 6.54 Å². The maximum atomic E-state index is 12.4. The van der Waals surface area contributed by atoms with Crippen LogP contribution >= 0.6 is 0 Å². The zero-order valence-corrected chi connectivity index (χ0v) is 11.0. The third-order valence-electron chi connectivity index (χ3n) is 2.94. The van der Waals surface area contributed by atoms with Crippen LogP contribution in [-0.4, -0.2) is 33.4 Å². The third kappa shape index (κ3) is 3.20. The van der Waals surface area contributed by atoms with Crippen molar-refractivity contribution in [3.05, 3.63) is 54.1 Å². The maximum Gasteiger partial charge on any atom is 0.272 e. The molecule has 5 nitrogen and oxygen atoms in total. The number of rotatable bonds is 5. The van der Waals surface area contributed by atoms with Gasteiger partial charge in [-0.15, -0.1) is 0 Å². The number of benzene rings is 1. The normalized spacial score (nSPS) is 10.4. The molecule has 0 spiro atoms. The molecule has 1 heterocycles. The Morgan fingerprint density at radius 1 is 1.37 bits per heavy atom. The molecule has 19 heavy (non-hydrogen) atoms. The van der Waals surface area contributed by atoms with Crippen molar-refractivity contribution >= 4 is 5.91 Å². The van der Waals surface area contributed by atoms with Gasteiger partial charge in [0.15, 0.2) is 0 Å². The lowest BCUT2D eigenvalue weighted by Crippen LogP contribution is -2.35. The molecule has 0 bridgehead atoms. The van der Waals surface area contributed by atoms with E-state index in [1.54, 1.807) is 22.0 Å². The number of hydrogen-bond acceptors (Lipinski definition) is 3. The fourth-order valence-corrected chi connectivity index (χ4v) is 1.94. The number of amides is 1. The minimum absolute atomic E-state index is 0.0469. The van der Waals surface area contributed by atoms with Crippen molar-refractivity contribution in [3.8, 4) is 0 Å². The molecule has 5 heteroatoms. The zero-order valence-electron chi connectivity index (χ0n) is 11.0. The van der Waals surface area contributed by atoms with Crippen LogP contribution in [0, 0.1) is 0 Å². The quantitative estimate of drug-likeness (QED) is 0.871. The van der Waals surface area contributed by atoms with Gasteiger partial charge < -0.3 is 15.2 Å². The summed E-state index contributed by atoms with van der Waals surface area (Å²) in [7, 11) is 1.81. The molecule has 100 valence electrons. The highest BCUT2D eigenvalue weighted by molar-refractivity contribution is 5.92. The maximum absolute atomic E-state index is 12.4. The van der Waals surface area contributed by atoms with Crippen LogP contribution in [0.1, 0.15) is 16.1 Å². The minimum Gasteiger partial charge on any atom is -0.332 e. The van der Waals surface area contributed by atoms with Gasteiger partial charge in [-0.05, 0) is 5.56 Å². The molecule has 0 saturated carbocycles. The third-order valence-corrected chi connectivity index (χ3v) is 2.94. The molecule has 2 N–H and O–H groups in total. The molecular formula is C14H18N4O. The predicted molar refractivity (Wildman–Crippen MR) is 73.4 cm³/mol. The Morgan fingerprint density at radius 2 is 2.11 bits per heavy atom. The second-order valence-corrected chi connectivity index (χ2v) is 4.39. The zero-order chi connectivity index (χ0) is 13.7. The molecule has 0 atom stereocenters. The van der Waals surface area contributed by atoms with E-state index in [2.05, 4.69) is 4.98 Å². The number of hydrogen-bond donors (Lipinski definition) is 1. The van der Waals surface area contributed by atoms with Gasteiger partial charge in [-0.3, -0.25) is 4.79 Å². The fourth-order valence-electron chi connectivity index (χ4n) is 1.94. The Morgan fingerprint density at radius 3 is 2.68 bits per heavy atom. The minimum atomic E-state index is -0.0469. The molecule has 1 aromatic heterocycles. The van der Waals surface area contributed by atoms with Crippen molar-refractivity contribution < 1.29 is 4.79 Å². The van der Waals surface area contributed by atoms with E-state index in [9.17, 15) is 4.79 Å². The highest BCUT2D eigenvalue weighted by Gasteiger charge is 2.18. The van der Waals surface area contributed by atoms with E-state index in [4.69, 9.17) is 5.73 Å². The second-order valence-electron chi connectivity index (χ2n) is 4.39. The largest absolute Gasteiger partial charge is 0.332 e. The number of nitrogens with two attached hydrogens (primary N) is 1. The molecule has 0 aliphatic rings. The Bertz CT molecular complexity index is 535. The first kappa shape index (κ1) is 13.3. The van der Waals surface area contributed by atoms with Crippen LogP contribution in [0.3, 0.4) is 0 Å². The first-order valence-corrected chi connectivity index (χ1v) is 6.22. The number of nitrogens with zero attached hydrogens (tertiary/aromatic N) is 3. The SMILES string of the molecule is Cn1cncc1C(=O)N(CCN)Cc1ccccc1. The van der Waals surface area contributed by atoms with Gasteiger partial charge in [-0.2, -0.15) is 0 Å².